The lowest BCUT2D eigenvalue weighted by atomic mass is 10.0. The van der Waals surface area contributed by atoms with Gasteiger partial charge in [-0.25, -0.2) is 8.42 Å². The van der Waals surface area contributed by atoms with Gasteiger partial charge in [-0.2, -0.15) is 4.31 Å². The van der Waals surface area contributed by atoms with Gasteiger partial charge in [-0.1, -0.05) is 6.92 Å². The maximum absolute atomic E-state index is 12.9. The standard InChI is InChI=1S/C24H29N3O5S/c1-17-11-13-26(14-12-17)33(30,31)22-9-5-20(6-10-22)27-16-18(15-23(27)28)24(29)25-19-3-7-21(32-2)8-4-19/h3-10,17-18H,11-16H2,1-2H3,(H,25,29)/t18-/m0/s1. The highest BCUT2D eigenvalue weighted by Gasteiger charge is 2.35. The van der Waals surface area contributed by atoms with Crippen molar-refractivity contribution in [2.24, 2.45) is 11.8 Å². The van der Waals surface area contributed by atoms with Gasteiger partial charge in [-0.3, -0.25) is 9.59 Å². The zero-order valence-corrected chi connectivity index (χ0v) is 19.7. The molecule has 4 rings (SSSR count). The molecule has 2 heterocycles. The van der Waals surface area contributed by atoms with E-state index >= 15 is 0 Å². The Morgan fingerprint density at radius 1 is 1.03 bits per heavy atom. The van der Waals surface area contributed by atoms with Crippen molar-refractivity contribution in [3.63, 3.8) is 0 Å². The minimum absolute atomic E-state index is 0.105. The molecule has 2 aliphatic heterocycles. The van der Waals surface area contributed by atoms with E-state index < -0.39 is 15.9 Å². The molecule has 2 aliphatic rings. The first-order valence-electron chi connectivity index (χ1n) is 11.1. The lowest BCUT2D eigenvalue weighted by Gasteiger charge is -2.29. The third-order valence-electron chi connectivity index (χ3n) is 6.38. The molecule has 0 aliphatic carbocycles. The number of benzene rings is 2. The number of nitrogens with one attached hydrogen (secondary N) is 1. The number of hydrogen-bond donors (Lipinski definition) is 1. The predicted molar refractivity (Wildman–Crippen MR) is 126 cm³/mol. The molecule has 2 fully saturated rings. The number of sulfonamides is 1. The van der Waals surface area contributed by atoms with Crippen LogP contribution in [0.25, 0.3) is 0 Å². The number of piperidine rings is 1. The van der Waals surface area contributed by atoms with Crippen molar-refractivity contribution in [1.82, 2.24) is 4.31 Å². The van der Waals surface area contributed by atoms with Crippen LogP contribution in [0.3, 0.4) is 0 Å². The molecule has 2 aromatic carbocycles. The summed E-state index contributed by atoms with van der Waals surface area (Å²) in [5, 5.41) is 2.84. The van der Waals surface area contributed by atoms with Crippen LogP contribution >= 0.6 is 0 Å². The molecule has 176 valence electrons. The molecule has 2 amide bonds. The van der Waals surface area contributed by atoms with Gasteiger partial charge in [-0.05, 0) is 67.3 Å². The summed E-state index contributed by atoms with van der Waals surface area (Å²) >= 11 is 0. The molecular formula is C24H29N3O5S. The minimum atomic E-state index is -3.55. The predicted octanol–water partition coefficient (Wildman–Crippen LogP) is 3.11. The Morgan fingerprint density at radius 2 is 1.67 bits per heavy atom. The van der Waals surface area contributed by atoms with E-state index in [-0.39, 0.29) is 29.7 Å². The van der Waals surface area contributed by atoms with Gasteiger partial charge in [0.05, 0.1) is 17.9 Å². The van der Waals surface area contributed by atoms with E-state index in [2.05, 4.69) is 12.2 Å². The fraction of sp³-hybridized carbons (Fsp3) is 0.417. The van der Waals surface area contributed by atoms with Crippen LogP contribution in [0.2, 0.25) is 0 Å². The van der Waals surface area contributed by atoms with Crippen LogP contribution < -0.4 is 15.0 Å². The van der Waals surface area contributed by atoms with E-state index in [0.29, 0.717) is 36.1 Å². The number of amides is 2. The fourth-order valence-electron chi connectivity index (χ4n) is 4.22. The number of anilines is 2. The largest absolute Gasteiger partial charge is 0.497 e. The lowest BCUT2D eigenvalue weighted by molar-refractivity contribution is -0.122. The molecule has 0 saturated carbocycles. The number of carbonyl (C=O) groups is 2. The quantitative estimate of drug-likeness (QED) is 0.698. The maximum Gasteiger partial charge on any atom is 0.243 e. The molecular weight excluding hydrogens is 442 g/mol. The monoisotopic (exact) mass is 471 g/mol. The molecule has 0 spiro atoms. The zero-order chi connectivity index (χ0) is 23.6. The van der Waals surface area contributed by atoms with Crippen LogP contribution in [0.1, 0.15) is 26.2 Å². The summed E-state index contributed by atoms with van der Waals surface area (Å²) in [4.78, 5) is 27.0. The van der Waals surface area contributed by atoms with Gasteiger partial charge >= 0.3 is 0 Å². The van der Waals surface area contributed by atoms with E-state index in [1.54, 1.807) is 55.6 Å². The highest BCUT2D eigenvalue weighted by molar-refractivity contribution is 7.89. The number of nitrogens with zero attached hydrogens (tertiary/aromatic N) is 2. The minimum Gasteiger partial charge on any atom is -0.497 e. The number of hydrogen-bond acceptors (Lipinski definition) is 5. The summed E-state index contributed by atoms with van der Waals surface area (Å²) in [7, 11) is -1.97. The Balaban J connectivity index is 1.41. The summed E-state index contributed by atoms with van der Waals surface area (Å²) in [6, 6.07) is 13.4. The normalized spacial score (nSPS) is 20.1. The van der Waals surface area contributed by atoms with Crippen molar-refractivity contribution in [2.75, 3.05) is 37.0 Å². The lowest BCUT2D eigenvalue weighted by Crippen LogP contribution is -2.37. The van der Waals surface area contributed by atoms with Crippen molar-refractivity contribution in [1.29, 1.82) is 0 Å². The smallest absolute Gasteiger partial charge is 0.243 e. The number of rotatable bonds is 6. The Kier molecular flexibility index (Phi) is 6.71. The van der Waals surface area contributed by atoms with Crippen molar-refractivity contribution < 1.29 is 22.7 Å². The van der Waals surface area contributed by atoms with Gasteiger partial charge in [-0.15, -0.1) is 0 Å². The first kappa shape index (κ1) is 23.3. The van der Waals surface area contributed by atoms with Crippen LogP contribution in [0.5, 0.6) is 5.75 Å². The molecule has 9 heteroatoms. The molecule has 1 N–H and O–H groups in total. The first-order chi connectivity index (χ1) is 15.8. The molecule has 0 bridgehead atoms. The highest BCUT2D eigenvalue weighted by Crippen LogP contribution is 2.29. The maximum atomic E-state index is 12.9. The third kappa shape index (κ3) is 5.04. The molecule has 33 heavy (non-hydrogen) atoms. The molecule has 0 unspecified atom stereocenters. The van der Waals surface area contributed by atoms with Gasteiger partial charge in [0.25, 0.3) is 0 Å². The van der Waals surface area contributed by atoms with Crippen LogP contribution in [0.15, 0.2) is 53.4 Å². The van der Waals surface area contributed by atoms with Crippen LogP contribution in [-0.4, -0.2) is 51.3 Å². The van der Waals surface area contributed by atoms with Crippen LogP contribution in [-0.2, 0) is 19.6 Å². The van der Waals surface area contributed by atoms with Gasteiger partial charge < -0.3 is 15.0 Å². The van der Waals surface area contributed by atoms with Crippen LogP contribution in [0.4, 0.5) is 11.4 Å². The topological polar surface area (TPSA) is 96.0 Å². The second kappa shape index (κ2) is 9.52. The van der Waals surface area contributed by atoms with E-state index in [0.717, 1.165) is 12.8 Å². The molecule has 2 saturated heterocycles. The highest BCUT2D eigenvalue weighted by atomic mass is 32.2. The Hall–Kier alpha value is -2.91. The van der Waals surface area contributed by atoms with E-state index in [1.807, 2.05) is 0 Å². The van der Waals surface area contributed by atoms with Gasteiger partial charge in [0.2, 0.25) is 21.8 Å². The second-order valence-corrected chi connectivity index (χ2v) is 10.6. The average Bonchev–Trinajstić information content (AvgIpc) is 3.22. The Labute approximate surface area is 194 Å². The van der Waals surface area contributed by atoms with Crippen molar-refractivity contribution in [3.8, 4) is 5.75 Å². The number of ether oxygens (including phenoxy) is 1. The number of methoxy groups -OCH3 is 1. The van der Waals surface area contributed by atoms with Gasteiger partial charge in [0.15, 0.2) is 0 Å². The summed E-state index contributed by atoms with van der Waals surface area (Å²) in [6.07, 6.45) is 1.83. The molecule has 0 radical (unpaired) electrons. The number of carbonyl (C=O) groups excluding carboxylic acids is 2. The SMILES string of the molecule is COc1ccc(NC(=O)[C@H]2CC(=O)N(c3ccc(S(=O)(=O)N4CCC(C)CC4)cc3)C2)cc1. The zero-order valence-electron chi connectivity index (χ0n) is 18.9. The van der Waals surface area contributed by atoms with Crippen molar-refractivity contribution in [3.05, 3.63) is 48.5 Å². The fourth-order valence-corrected chi connectivity index (χ4v) is 5.69. The molecule has 0 aromatic heterocycles. The Bertz CT molecular complexity index is 1110. The van der Waals surface area contributed by atoms with Crippen LogP contribution in [0, 0.1) is 11.8 Å². The van der Waals surface area contributed by atoms with E-state index in [1.165, 1.54) is 9.21 Å². The summed E-state index contributed by atoms with van der Waals surface area (Å²) in [5.74, 6) is 0.351. The third-order valence-corrected chi connectivity index (χ3v) is 8.30. The molecule has 8 nitrogen and oxygen atoms in total. The second-order valence-electron chi connectivity index (χ2n) is 8.70. The molecule has 2 aromatic rings. The van der Waals surface area contributed by atoms with E-state index in [4.69, 9.17) is 4.74 Å². The summed E-state index contributed by atoms with van der Waals surface area (Å²) < 4.78 is 32.5. The summed E-state index contributed by atoms with van der Waals surface area (Å²) in [6.45, 7) is 3.44. The van der Waals surface area contributed by atoms with Gasteiger partial charge in [0, 0.05) is 37.4 Å². The van der Waals surface area contributed by atoms with Crippen molar-refractivity contribution in [2.45, 2.75) is 31.1 Å². The average molecular weight is 472 g/mol. The van der Waals surface area contributed by atoms with Gasteiger partial charge in [0.1, 0.15) is 5.75 Å². The molecule has 1 atom stereocenters. The first-order valence-corrected chi connectivity index (χ1v) is 12.6. The Morgan fingerprint density at radius 3 is 2.27 bits per heavy atom. The van der Waals surface area contributed by atoms with Crippen molar-refractivity contribution >= 4 is 33.2 Å². The summed E-state index contributed by atoms with van der Waals surface area (Å²) in [5.41, 5.74) is 1.22. The van der Waals surface area contributed by atoms with E-state index in [9.17, 15) is 18.0 Å².